The zero-order valence-electron chi connectivity index (χ0n) is 16.0. The fraction of sp³-hybridized carbons (Fsp3) is 0.474. The number of likely N-dealkylation sites (N-methyl/N-ethyl adjacent to an activating group) is 1. The molecular weight excluding hydrogens is 348 g/mol. The average molecular weight is 374 g/mol. The van der Waals surface area contributed by atoms with E-state index in [0.717, 1.165) is 31.7 Å². The van der Waals surface area contributed by atoms with E-state index in [1.165, 1.54) is 0 Å². The molecule has 146 valence electrons. The SMILES string of the molecule is CCOC(=O)c1[nH]c2ccc(OC)cc2c1NC(=O)CN1CCN(C)CC1. The van der Waals surface area contributed by atoms with Gasteiger partial charge in [0.1, 0.15) is 11.4 Å². The van der Waals surface area contributed by atoms with Crippen LogP contribution in [-0.4, -0.2) is 80.1 Å². The average Bonchev–Trinajstić information content (AvgIpc) is 3.01. The van der Waals surface area contributed by atoms with Crippen LogP contribution in [0.15, 0.2) is 18.2 Å². The lowest BCUT2D eigenvalue weighted by Gasteiger charge is -2.31. The largest absolute Gasteiger partial charge is 0.497 e. The monoisotopic (exact) mass is 374 g/mol. The van der Waals surface area contributed by atoms with Crippen molar-refractivity contribution in [3.05, 3.63) is 23.9 Å². The smallest absolute Gasteiger partial charge is 0.356 e. The molecule has 27 heavy (non-hydrogen) atoms. The molecule has 0 spiro atoms. The maximum absolute atomic E-state index is 12.6. The van der Waals surface area contributed by atoms with Crippen LogP contribution in [0.1, 0.15) is 17.4 Å². The molecule has 8 heteroatoms. The number of anilines is 1. The Kier molecular flexibility index (Phi) is 5.98. The van der Waals surface area contributed by atoms with Crippen LogP contribution in [0.25, 0.3) is 10.9 Å². The minimum absolute atomic E-state index is 0.158. The molecule has 0 aliphatic carbocycles. The van der Waals surface area contributed by atoms with Gasteiger partial charge in [0.15, 0.2) is 0 Å². The van der Waals surface area contributed by atoms with Crippen molar-refractivity contribution >= 4 is 28.5 Å². The van der Waals surface area contributed by atoms with Crippen LogP contribution >= 0.6 is 0 Å². The van der Waals surface area contributed by atoms with Gasteiger partial charge in [-0.05, 0) is 32.2 Å². The van der Waals surface area contributed by atoms with E-state index in [1.54, 1.807) is 26.2 Å². The number of benzene rings is 1. The van der Waals surface area contributed by atoms with Crippen LogP contribution in [0, 0.1) is 0 Å². The summed E-state index contributed by atoms with van der Waals surface area (Å²) in [4.78, 5) is 32.4. The Balaban J connectivity index is 1.84. The van der Waals surface area contributed by atoms with Crippen LogP contribution in [-0.2, 0) is 9.53 Å². The molecule has 0 unspecified atom stereocenters. The molecule has 3 rings (SSSR count). The topological polar surface area (TPSA) is 86.9 Å². The molecule has 0 bridgehead atoms. The standard InChI is InChI=1S/C19H26N4O4/c1-4-27-19(25)18-17(14-11-13(26-3)5-6-15(14)20-18)21-16(24)12-23-9-7-22(2)8-10-23/h5-6,11,20H,4,7-10,12H2,1-3H3,(H,21,24). The second kappa shape index (κ2) is 8.41. The number of esters is 1. The number of hydrogen-bond acceptors (Lipinski definition) is 6. The van der Waals surface area contributed by atoms with Gasteiger partial charge in [0.2, 0.25) is 5.91 Å². The highest BCUT2D eigenvalue weighted by Gasteiger charge is 2.23. The number of methoxy groups -OCH3 is 1. The first-order valence-electron chi connectivity index (χ1n) is 9.09. The highest BCUT2D eigenvalue weighted by Crippen LogP contribution is 2.31. The van der Waals surface area contributed by atoms with Gasteiger partial charge in [0.25, 0.3) is 0 Å². The van der Waals surface area contributed by atoms with E-state index in [-0.39, 0.29) is 24.8 Å². The fourth-order valence-electron chi connectivity index (χ4n) is 3.17. The number of aromatic nitrogens is 1. The number of amides is 1. The highest BCUT2D eigenvalue weighted by molar-refractivity contribution is 6.11. The Hall–Kier alpha value is -2.58. The Morgan fingerprint density at radius 3 is 2.63 bits per heavy atom. The number of carbonyl (C=O) groups is 2. The van der Waals surface area contributed by atoms with E-state index in [0.29, 0.717) is 16.8 Å². The molecule has 2 aromatic rings. The number of aromatic amines is 1. The molecule has 2 heterocycles. The van der Waals surface area contributed by atoms with E-state index in [9.17, 15) is 9.59 Å². The normalized spacial score (nSPS) is 15.7. The molecule has 1 amide bonds. The fourth-order valence-corrected chi connectivity index (χ4v) is 3.17. The van der Waals surface area contributed by atoms with E-state index in [2.05, 4.69) is 27.1 Å². The maximum atomic E-state index is 12.6. The van der Waals surface area contributed by atoms with Crippen molar-refractivity contribution in [3.63, 3.8) is 0 Å². The summed E-state index contributed by atoms with van der Waals surface area (Å²) >= 11 is 0. The summed E-state index contributed by atoms with van der Waals surface area (Å²) in [6.07, 6.45) is 0. The lowest BCUT2D eigenvalue weighted by Crippen LogP contribution is -2.47. The second-order valence-corrected chi connectivity index (χ2v) is 6.63. The minimum Gasteiger partial charge on any atom is -0.497 e. The number of nitrogens with zero attached hydrogens (tertiary/aromatic N) is 2. The molecule has 1 aliphatic heterocycles. The third-order valence-corrected chi connectivity index (χ3v) is 4.71. The molecule has 8 nitrogen and oxygen atoms in total. The molecule has 1 aromatic carbocycles. The summed E-state index contributed by atoms with van der Waals surface area (Å²) in [7, 11) is 3.65. The first-order chi connectivity index (χ1) is 13.0. The summed E-state index contributed by atoms with van der Waals surface area (Å²) < 4.78 is 10.4. The Labute approximate surface area is 158 Å². The van der Waals surface area contributed by atoms with Crippen LogP contribution in [0.2, 0.25) is 0 Å². The molecule has 1 fully saturated rings. The molecule has 1 saturated heterocycles. The first kappa shape index (κ1) is 19.2. The Bertz CT molecular complexity index is 824. The summed E-state index contributed by atoms with van der Waals surface area (Å²) in [5, 5.41) is 3.61. The summed E-state index contributed by atoms with van der Waals surface area (Å²) in [5.41, 5.74) is 1.40. The van der Waals surface area contributed by atoms with Crippen molar-refractivity contribution < 1.29 is 19.1 Å². The van der Waals surface area contributed by atoms with Gasteiger partial charge in [0, 0.05) is 37.1 Å². The van der Waals surface area contributed by atoms with E-state index < -0.39 is 5.97 Å². The van der Waals surface area contributed by atoms with E-state index >= 15 is 0 Å². The number of nitrogens with one attached hydrogen (secondary N) is 2. The molecule has 2 N–H and O–H groups in total. The lowest BCUT2D eigenvalue weighted by atomic mass is 10.2. The number of rotatable bonds is 6. The predicted octanol–water partition coefficient (Wildman–Crippen LogP) is 1.54. The first-order valence-corrected chi connectivity index (χ1v) is 9.09. The summed E-state index contributed by atoms with van der Waals surface area (Å²) in [6.45, 7) is 5.85. The quantitative estimate of drug-likeness (QED) is 0.746. The van der Waals surface area contributed by atoms with Crippen molar-refractivity contribution in [1.82, 2.24) is 14.8 Å². The van der Waals surface area contributed by atoms with Gasteiger partial charge in [-0.15, -0.1) is 0 Å². The maximum Gasteiger partial charge on any atom is 0.356 e. The van der Waals surface area contributed by atoms with Crippen LogP contribution in [0.3, 0.4) is 0 Å². The van der Waals surface area contributed by atoms with Crippen LogP contribution < -0.4 is 10.1 Å². The van der Waals surface area contributed by atoms with Gasteiger partial charge in [-0.1, -0.05) is 0 Å². The molecule has 0 saturated carbocycles. The molecule has 1 aliphatic rings. The van der Waals surface area contributed by atoms with Crippen molar-refractivity contribution in [2.45, 2.75) is 6.92 Å². The van der Waals surface area contributed by atoms with Gasteiger partial charge in [-0.2, -0.15) is 0 Å². The van der Waals surface area contributed by atoms with Crippen molar-refractivity contribution in [2.24, 2.45) is 0 Å². The van der Waals surface area contributed by atoms with Gasteiger partial charge in [0.05, 0.1) is 25.9 Å². The third-order valence-electron chi connectivity index (χ3n) is 4.71. The molecule has 1 aromatic heterocycles. The number of ether oxygens (including phenoxy) is 2. The van der Waals surface area contributed by atoms with Crippen LogP contribution in [0.4, 0.5) is 5.69 Å². The van der Waals surface area contributed by atoms with E-state index in [4.69, 9.17) is 9.47 Å². The second-order valence-electron chi connectivity index (χ2n) is 6.63. The van der Waals surface area contributed by atoms with Gasteiger partial charge in [-0.25, -0.2) is 4.79 Å². The number of fused-ring (bicyclic) bond motifs is 1. The number of hydrogen-bond donors (Lipinski definition) is 2. The zero-order chi connectivity index (χ0) is 19.4. The Morgan fingerprint density at radius 2 is 1.96 bits per heavy atom. The van der Waals surface area contributed by atoms with E-state index in [1.807, 2.05) is 6.07 Å². The van der Waals surface area contributed by atoms with Crippen molar-refractivity contribution in [2.75, 3.05) is 58.8 Å². The number of H-pyrrole nitrogens is 1. The van der Waals surface area contributed by atoms with Crippen molar-refractivity contribution in [3.8, 4) is 5.75 Å². The zero-order valence-corrected chi connectivity index (χ0v) is 16.0. The van der Waals surface area contributed by atoms with Gasteiger partial charge >= 0.3 is 5.97 Å². The van der Waals surface area contributed by atoms with Crippen LogP contribution in [0.5, 0.6) is 5.75 Å². The Morgan fingerprint density at radius 1 is 1.22 bits per heavy atom. The predicted molar refractivity (Wildman–Crippen MR) is 103 cm³/mol. The summed E-state index contributed by atoms with van der Waals surface area (Å²) in [6, 6.07) is 5.40. The van der Waals surface area contributed by atoms with Gasteiger partial charge in [-0.3, -0.25) is 9.69 Å². The lowest BCUT2D eigenvalue weighted by molar-refractivity contribution is -0.117. The molecule has 0 atom stereocenters. The summed E-state index contributed by atoms with van der Waals surface area (Å²) in [5.74, 6) is -0.0112. The minimum atomic E-state index is -0.498. The molecule has 0 radical (unpaired) electrons. The van der Waals surface area contributed by atoms with Gasteiger partial charge < -0.3 is 24.7 Å². The highest BCUT2D eigenvalue weighted by atomic mass is 16.5. The number of piperazine rings is 1. The third kappa shape index (κ3) is 4.40. The van der Waals surface area contributed by atoms with Crippen molar-refractivity contribution in [1.29, 1.82) is 0 Å². The number of carbonyl (C=O) groups excluding carboxylic acids is 2. The molecular formula is C19H26N4O4.